The molecule has 0 fully saturated rings. The van der Waals surface area contributed by atoms with Gasteiger partial charge in [0.2, 0.25) is 0 Å². The van der Waals surface area contributed by atoms with Crippen molar-refractivity contribution in [2.45, 2.75) is 19.6 Å². The fraction of sp³-hybridized carbons (Fsp3) is 0.188. The van der Waals surface area contributed by atoms with E-state index in [1.165, 1.54) is 12.1 Å². The summed E-state index contributed by atoms with van der Waals surface area (Å²) in [4.78, 5) is 0. The first-order valence-electron chi connectivity index (χ1n) is 6.40. The summed E-state index contributed by atoms with van der Waals surface area (Å²) in [5.74, 6) is 0.120. The number of hydrogen-bond acceptors (Lipinski definition) is 3. The second-order valence-electron chi connectivity index (χ2n) is 4.51. The SMILES string of the molecule is CC(Nc1ccc(OC(F)F)cc1)c1cccc(C#N)c1. The summed E-state index contributed by atoms with van der Waals surface area (Å²) in [6, 6.07) is 15.7. The van der Waals surface area contributed by atoms with Crippen molar-refractivity contribution in [3.63, 3.8) is 0 Å². The molecule has 0 heterocycles. The number of anilines is 1. The molecule has 0 aliphatic heterocycles. The lowest BCUT2D eigenvalue weighted by Crippen LogP contribution is -2.07. The second-order valence-corrected chi connectivity index (χ2v) is 4.51. The minimum absolute atomic E-state index is 0.0137. The lowest BCUT2D eigenvalue weighted by atomic mass is 10.1. The zero-order valence-corrected chi connectivity index (χ0v) is 11.4. The van der Waals surface area contributed by atoms with Crippen LogP contribution in [0, 0.1) is 11.3 Å². The summed E-state index contributed by atoms with van der Waals surface area (Å²) >= 11 is 0. The number of nitrogens with zero attached hydrogens (tertiary/aromatic N) is 1. The van der Waals surface area contributed by atoms with Gasteiger partial charge in [0.25, 0.3) is 0 Å². The molecule has 0 saturated heterocycles. The highest BCUT2D eigenvalue weighted by molar-refractivity contribution is 5.48. The van der Waals surface area contributed by atoms with Crippen LogP contribution in [0.5, 0.6) is 5.75 Å². The van der Waals surface area contributed by atoms with Crippen LogP contribution >= 0.6 is 0 Å². The van der Waals surface area contributed by atoms with Gasteiger partial charge in [-0.1, -0.05) is 12.1 Å². The predicted octanol–water partition coefficient (Wildman–Crippen LogP) is 4.33. The normalized spacial score (nSPS) is 11.8. The van der Waals surface area contributed by atoms with Crippen molar-refractivity contribution in [3.05, 3.63) is 59.7 Å². The lowest BCUT2D eigenvalue weighted by molar-refractivity contribution is -0.0498. The maximum Gasteiger partial charge on any atom is 0.387 e. The molecule has 0 saturated carbocycles. The van der Waals surface area contributed by atoms with Crippen LogP contribution in [0.15, 0.2) is 48.5 Å². The van der Waals surface area contributed by atoms with E-state index in [0.29, 0.717) is 5.56 Å². The Bertz CT molecular complexity index is 635. The molecule has 2 aromatic rings. The van der Waals surface area contributed by atoms with Crippen LogP contribution in [-0.2, 0) is 0 Å². The largest absolute Gasteiger partial charge is 0.435 e. The van der Waals surface area contributed by atoms with E-state index in [2.05, 4.69) is 16.1 Å². The molecular formula is C16H14F2N2O. The molecule has 1 unspecified atom stereocenters. The smallest absolute Gasteiger partial charge is 0.387 e. The van der Waals surface area contributed by atoms with Crippen LogP contribution in [0.4, 0.5) is 14.5 Å². The Morgan fingerprint density at radius 1 is 1.14 bits per heavy atom. The van der Waals surface area contributed by atoms with Crippen molar-refractivity contribution >= 4 is 5.69 Å². The summed E-state index contributed by atoms with van der Waals surface area (Å²) in [6.45, 7) is -0.864. The first-order chi connectivity index (χ1) is 10.1. The predicted molar refractivity (Wildman–Crippen MR) is 76.3 cm³/mol. The average molecular weight is 288 g/mol. The summed E-state index contributed by atoms with van der Waals surface area (Å²) < 4.78 is 28.4. The van der Waals surface area contributed by atoms with Gasteiger partial charge in [-0.15, -0.1) is 0 Å². The first-order valence-corrected chi connectivity index (χ1v) is 6.40. The molecule has 0 spiro atoms. The van der Waals surface area contributed by atoms with Gasteiger partial charge < -0.3 is 10.1 Å². The van der Waals surface area contributed by atoms with E-state index in [1.54, 1.807) is 18.2 Å². The summed E-state index contributed by atoms with van der Waals surface area (Å²) in [7, 11) is 0. The molecule has 1 N–H and O–H groups in total. The third kappa shape index (κ3) is 4.18. The third-order valence-corrected chi connectivity index (χ3v) is 2.98. The molecule has 0 aliphatic rings. The van der Waals surface area contributed by atoms with E-state index in [9.17, 15) is 8.78 Å². The Hall–Kier alpha value is -2.61. The zero-order valence-electron chi connectivity index (χ0n) is 11.4. The van der Waals surface area contributed by atoms with E-state index in [4.69, 9.17) is 5.26 Å². The second kappa shape index (κ2) is 6.71. The van der Waals surface area contributed by atoms with Crippen LogP contribution in [-0.4, -0.2) is 6.61 Å². The number of ether oxygens (including phenoxy) is 1. The van der Waals surface area contributed by atoms with Crippen LogP contribution in [0.1, 0.15) is 24.1 Å². The summed E-state index contributed by atoms with van der Waals surface area (Å²) in [6.07, 6.45) is 0. The number of nitrogens with one attached hydrogen (secondary N) is 1. The molecule has 0 aromatic heterocycles. The molecule has 21 heavy (non-hydrogen) atoms. The van der Waals surface area contributed by atoms with Gasteiger partial charge in [-0.3, -0.25) is 0 Å². The Kier molecular flexibility index (Phi) is 4.72. The van der Waals surface area contributed by atoms with Gasteiger partial charge in [-0.2, -0.15) is 14.0 Å². The number of rotatable bonds is 5. The van der Waals surface area contributed by atoms with Crippen LogP contribution in [0.2, 0.25) is 0 Å². The first kappa shape index (κ1) is 14.8. The zero-order chi connectivity index (χ0) is 15.2. The maximum atomic E-state index is 12.1. The molecular weight excluding hydrogens is 274 g/mol. The molecule has 1 atom stereocenters. The van der Waals surface area contributed by atoms with Gasteiger partial charge in [-0.25, -0.2) is 0 Å². The summed E-state index contributed by atoms with van der Waals surface area (Å²) in [5.41, 5.74) is 2.36. The number of alkyl halides is 2. The van der Waals surface area contributed by atoms with Crippen molar-refractivity contribution in [3.8, 4) is 11.8 Å². The van der Waals surface area contributed by atoms with E-state index < -0.39 is 6.61 Å². The van der Waals surface area contributed by atoms with Crippen molar-refractivity contribution in [1.29, 1.82) is 5.26 Å². The van der Waals surface area contributed by atoms with E-state index in [0.717, 1.165) is 11.3 Å². The molecule has 3 nitrogen and oxygen atoms in total. The molecule has 0 bridgehead atoms. The highest BCUT2D eigenvalue weighted by Gasteiger charge is 2.07. The van der Waals surface area contributed by atoms with Gasteiger partial charge in [-0.05, 0) is 48.9 Å². The van der Waals surface area contributed by atoms with Gasteiger partial charge in [0, 0.05) is 11.7 Å². The number of hydrogen-bond donors (Lipinski definition) is 1. The number of halogens is 2. The van der Waals surface area contributed by atoms with Crippen LogP contribution in [0.25, 0.3) is 0 Å². The van der Waals surface area contributed by atoms with Crippen molar-refractivity contribution < 1.29 is 13.5 Å². The van der Waals surface area contributed by atoms with E-state index in [1.807, 2.05) is 25.1 Å². The van der Waals surface area contributed by atoms with Crippen molar-refractivity contribution in [2.75, 3.05) is 5.32 Å². The van der Waals surface area contributed by atoms with Gasteiger partial charge in [0.1, 0.15) is 5.75 Å². The van der Waals surface area contributed by atoms with Gasteiger partial charge in [0.05, 0.1) is 11.6 Å². The highest BCUT2D eigenvalue weighted by atomic mass is 19.3. The van der Waals surface area contributed by atoms with Crippen LogP contribution < -0.4 is 10.1 Å². The molecule has 108 valence electrons. The fourth-order valence-corrected chi connectivity index (χ4v) is 1.94. The molecule has 0 amide bonds. The Balaban J connectivity index is 2.05. The Morgan fingerprint density at radius 2 is 1.86 bits per heavy atom. The fourth-order valence-electron chi connectivity index (χ4n) is 1.94. The maximum absolute atomic E-state index is 12.1. The molecule has 0 radical (unpaired) electrons. The van der Waals surface area contributed by atoms with Gasteiger partial charge >= 0.3 is 6.61 Å². The summed E-state index contributed by atoms with van der Waals surface area (Å²) in [5, 5.41) is 12.1. The quantitative estimate of drug-likeness (QED) is 0.890. The third-order valence-electron chi connectivity index (χ3n) is 2.98. The Labute approximate surface area is 121 Å². The van der Waals surface area contributed by atoms with Crippen LogP contribution in [0.3, 0.4) is 0 Å². The molecule has 0 aliphatic carbocycles. The minimum atomic E-state index is -2.82. The number of nitriles is 1. The standard InChI is InChI=1S/C16H14F2N2O/c1-11(13-4-2-3-12(9-13)10-19)20-14-5-7-15(8-6-14)21-16(17)18/h2-9,11,16,20H,1H3. The average Bonchev–Trinajstić information content (AvgIpc) is 2.49. The topological polar surface area (TPSA) is 45.0 Å². The van der Waals surface area contributed by atoms with Crippen molar-refractivity contribution in [1.82, 2.24) is 0 Å². The van der Waals surface area contributed by atoms with Gasteiger partial charge in [0.15, 0.2) is 0 Å². The monoisotopic (exact) mass is 288 g/mol. The number of benzene rings is 2. The Morgan fingerprint density at radius 3 is 2.48 bits per heavy atom. The van der Waals surface area contributed by atoms with E-state index in [-0.39, 0.29) is 11.8 Å². The van der Waals surface area contributed by atoms with E-state index >= 15 is 0 Å². The minimum Gasteiger partial charge on any atom is -0.435 e. The van der Waals surface area contributed by atoms with Crippen molar-refractivity contribution in [2.24, 2.45) is 0 Å². The lowest BCUT2D eigenvalue weighted by Gasteiger charge is -2.16. The molecule has 2 aromatic carbocycles. The molecule has 5 heteroatoms. The molecule has 2 rings (SSSR count). The highest BCUT2D eigenvalue weighted by Crippen LogP contribution is 2.22.